The molecular weight excluding hydrogens is 466 g/mol. The number of aliphatic hydroxyl groups is 1. The molecule has 174 valence electrons. The fraction of sp³-hybridized carbons (Fsp3) is 0.409. The highest BCUT2D eigenvalue weighted by Gasteiger charge is 2.31. The Balaban J connectivity index is 1.54. The number of carbonyl (C=O) groups excluding carboxylic acids is 1. The van der Waals surface area contributed by atoms with E-state index in [0.717, 1.165) is 36.3 Å². The van der Waals surface area contributed by atoms with Gasteiger partial charge in [-0.2, -0.15) is 0 Å². The van der Waals surface area contributed by atoms with Crippen LogP contribution < -0.4 is 14.8 Å². The zero-order chi connectivity index (χ0) is 23.6. The van der Waals surface area contributed by atoms with E-state index in [2.05, 4.69) is 25.5 Å². The molecule has 0 aliphatic heterocycles. The first-order chi connectivity index (χ1) is 15.7. The molecule has 3 aromatic heterocycles. The van der Waals surface area contributed by atoms with Gasteiger partial charge >= 0.3 is 0 Å². The lowest BCUT2D eigenvalue weighted by molar-refractivity contribution is -0.0235. The summed E-state index contributed by atoms with van der Waals surface area (Å²) in [4.78, 5) is 21.4. The highest BCUT2D eigenvalue weighted by molar-refractivity contribution is 7.17. The molecule has 11 heteroatoms. The molecule has 1 amide bonds. The van der Waals surface area contributed by atoms with E-state index in [1.54, 1.807) is 12.1 Å². The lowest BCUT2D eigenvalue weighted by Gasteiger charge is -2.33. The Kier molecular flexibility index (Phi) is 6.78. The molecule has 0 bridgehead atoms. The molecule has 1 saturated carbocycles. The molecule has 3 heterocycles. The van der Waals surface area contributed by atoms with Crippen LogP contribution in [0.25, 0.3) is 11.1 Å². The van der Waals surface area contributed by atoms with Gasteiger partial charge in [0.15, 0.2) is 0 Å². The average Bonchev–Trinajstić information content (AvgIpc) is 3.19. The van der Waals surface area contributed by atoms with E-state index in [4.69, 9.17) is 21.1 Å². The average molecular weight is 490 g/mol. The van der Waals surface area contributed by atoms with Gasteiger partial charge in [0, 0.05) is 29.4 Å². The molecule has 9 nitrogen and oxygen atoms in total. The normalized spacial score (nSPS) is 20.3. The van der Waals surface area contributed by atoms with Crippen molar-refractivity contribution < 1.29 is 19.4 Å². The standard InChI is InChI=1S/C22H24ClN5O4S/c1-12-7-14(15-8-18(23)25-11-17(15)31-3)16(10-24-12)19(29)26-20-27-28-21(33-20)32-13-5-4-6-22(2,30)9-13/h7-8,10-11,13,30H,4-6,9H2,1-3H3,(H,26,27,29)/t13-,22+/m1/s1. The van der Waals surface area contributed by atoms with Crippen LogP contribution in [0.5, 0.6) is 10.9 Å². The number of hydrogen-bond acceptors (Lipinski definition) is 9. The lowest BCUT2D eigenvalue weighted by Crippen LogP contribution is -2.37. The van der Waals surface area contributed by atoms with E-state index < -0.39 is 11.5 Å². The first kappa shape index (κ1) is 23.3. The molecule has 0 aromatic carbocycles. The van der Waals surface area contributed by atoms with Gasteiger partial charge in [0.1, 0.15) is 17.0 Å². The van der Waals surface area contributed by atoms with Gasteiger partial charge in [-0.15, -0.1) is 5.10 Å². The van der Waals surface area contributed by atoms with Gasteiger partial charge in [-0.05, 0) is 56.6 Å². The van der Waals surface area contributed by atoms with E-state index in [1.807, 2.05) is 13.8 Å². The van der Waals surface area contributed by atoms with Gasteiger partial charge < -0.3 is 14.6 Å². The monoisotopic (exact) mass is 489 g/mol. The van der Waals surface area contributed by atoms with Crippen molar-refractivity contribution in [1.82, 2.24) is 20.2 Å². The third kappa shape index (κ3) is 5.58. The molecule has 1 aliphatic rings. The Morgan fingerprint density at radius 1 is 1.27 bits per heavy atom. The second-order valence-electron chi connectivity index (χ2n) is 8.24. The van der Waals surface area contributed by atoms with Crippen LogP contribution in [0.2, 0.25) is 5.15 Å². The van der Waals surface area contributed by atoms with E-state index in [0.29, 0.717) is 39.2 Å². The van der Waals surface area contributed by atoms with Gasteiger partial charge in [-0.1, -0.05) is 16.7 Å². The summed E-state index contributed by atoms with van der Waals surface area (Å²) < 4.78 is 11.3. The maximum absolute atomic E-state index is 13.1. The molecule has 1 fully saturated rings. The van der Waals surface area contributed by atoms with Gasteiger partial charge in [0.25, 0.3) is 11.1 Å². The Morgan fingerprint density at radius 2 is 2.09 bits per heavy atom. The number of amides is 1. The summed E-state index contributed by atoms with van der Waals surface area (Å²) in [6.45, 7) is 3.64. The smallest absolute Gasteiger partial charge is 0.296 e. The predicted octanol–water partition coefficient (Wildman–Crippen LogP) is 4.29. The number of carbonyl (C=O) groups is 1. The number of rotatable bonds is 6. The van der Waals surface area contributed by atoms with Crippen LogP contribution in [0.3, 0.4) is 0 Å². The third-order valence-electron chi connectivity index (χ3n) is 5.43. The number of ether oxygens (including phenoxy) is 2. The second kappa shape index (κ2) is 9.58. The summed E-state index contributed by atoms with van der Waals surface area (Å²) in [6.07, 6.45) is 5.87. The SMILES string of the molecule is COc1cnc(Cl)cc1-c1cc(C)ncc1C(=O)Nc1nnc(O[C@@H]2CCC[C@](C)(O)C2)s1. The van der Waals surface area contributed by atoms with E-state index in [9.17, 15) is 9.90 Å². The zero-order valence-corrected chi connectivity index (χ0v) is 20.0. The molecule has 2 atom stereocenters. The highest BCUT2D eigenvalue weighted by Crippen LogP contribution is 2.35. The predicted molar refractivity (Wildman–Crippen MR) is 125 cm³/mol. The van der Waals surface area contributed by atoms with Crippen molar-refractivity contribution >= 4 is 34.0 Å². The quantitative estimate of drug-likeness (QED) is 0.492. The number of anilines is 1. The molecule has 1 aliphatic carbocycles. The largest absolute Gasteiger partial charge is 0.494 e. The van der Waals surface area contributed by atoms with Crippen LogP contribution in [0.1, 0.15) is 48.7 Å². The fourth-order valence-corrected chi connectivity index (χ4v) is 4.69. The van der Waals surface area contributed by atoms with Crippen molar-refractivity contribution in [3.05, 3.63) is 40.9 Å². The van der Waals surface area contributed by atoms with Gasteiger partial charge in [-0.25, -0.2) is 4.98 Å². The van der Waals surface area contributed by atoms with Crippen molar-refractivity contribution in [1.29, 1.82) is 0 Å². The summed E-state index contributed by atoms with van der Waals surface area (Å²) in [6, 6.07) is 3.43. The minimum atomic E-state index is -0.740. The Hall–Kier alpha value is -2.82. The molecule has 0 unspecified atom stereocenters. The maximum Gasteiger partial charge on any atom is 0.296 e. The molecule has 0 saturated heterocycles. The molecule has 4 rings (SSSR count). The fourth-order valence-electron chi connectivity index (χ4n) is 3.87. The maximum atomic E-state index is 13.1. The topological polar surface area (TPSA) is 119 Å². The molecule has 33 heavy (non-hydrogen) atoms. The van der Waals surface area contributed by atoms with E-state index in [1.165, 1.54) is 19.5 Å². The second-order valence-corrected chi connectivity index (χ2v) is 9.57. The zero-order valence-electron chi connectivity index (χ0n) is 18.5. The first-order valence-corrected chi connectivity index (χ1v) is 11.6. The summed E-state index contributed by atoms with van der Waals surface area (Å²) in [5.74, 6) is 0.0739. The third-order valence-corrected chi connectivity index (χ3v) is 6.37. The lowest BCUT2D eigenvalue weighted by atomic mass is 9.85. The van der Waals surface area contributed by atoms with E-state index >= 15 is 0 Å². The van der Waals surface area contributed by atoms with Gasteiger partial charge in [0.05, 0.1) is 24.5 Å². The summed E-state index contributed by atoms with van der Waals surface area (Å²) in [5, 5.41) is 22.0. The summed E-state index contributed by atoms with van der Waals surface area (Å²) in [5.41, 5.74) is 1.54. The van der Waals surface area contributed by atoms with E-state index in [-0.39, 0.29) is 11.3 Å². The minimum Gasteiger partial charge on any atom is -0.494 e. The van der Waals surface area contributed by atoms with Crippen LogP contribution in [-0.2, 0) is 0 Å². The van der Waals surface area contributed by atoms with Gasteiger partial charge in [0.2, 0.25) is 5.13 Å². The van der Waals surface area contributed by atoms with Crippen molar-refractivity contribution in [2.75, 3.05) is 12.4 Å². The number of pyridine rings is 2. The van der Waals surface area contributed by atoms with Crippen LogP contribution >= 0.6 is 22.9 Å². The number of aromatic nitrogens is 4. The molecule has 2 N–H and O–H groups in total. The van der Waals surface area contributed by atoms with Crippen LogP contribution in [-0.4, -0.2) is 50.0 Å². The van der Waals surface area contributed by atoms with Crippen LogP contribution in [0, 0.1) is 6.92 Å². The number of nitrogens with zero attached hydrogens (tertiary/aromatic N) is 4. The van der Waals surface area contributed by atoms with Gasteiger partial charge in [-0.3, -0.25) is 15.1 Å². The number of aryl methyl sites for hydroxylation is 1. The Labute approximate surface area is 200 Å². The summed E-state index contributed by atoms with van der Waals surface area (Å²) in [7, 11) is 1.52. The molecule has 3 aromatic rings. The van der Waals surface area contributed by atoms with Crippen molar-refractivity contribution in [3.63, 3.8) is 0 Å². The molecule has 0 spiro atoms. The van der Waals surface area contributed by atoms with Crippen LogP contribution in [0.15, 0.2) is 24.5 Å². The van der Waals surface area contributed by atoms with Crippen LogP contribution in [0.4, 0.5) is 5.13 Å². The number of methoxy groups -OCH3 is 1. The van der Waals surface area contributed by atoms with Crippen molar-refractivity contribution in [2.24, 2.45) is 0 Å². The Morgan fingerprint density at radius 3 is 2.85 bits per heavy atom. The number of nitrogens with one attached hydrogen (secondary N) is 1. The van der Waals surface area contributed by atoms with Crippen molar-refractivity contribution in [2.45, 2.75) is 51.2 Å². The first-order valence-electron chi connectivity index (χ1n) is 10.4. The molecule has 0 radical (unpaired) electrons. The minimum absolute atomic E-state index is 0.137. The molecular formula is C22H24ClN5O4S. The summed E-state index contributed by atoms with van der Waals surface area (Å²) >= 11 is 7.23. The highest BCUT2D eigenvalue weighted by atomic mass is 35.5. The number of hydrogen-bond donors (Lipinski definition) is 2. The number of halogens is 1. The van der Waals surface area contributed by atoms with Crippen molar-refractivity contribution in [3.8, 4) is 22.1 Å². The Bertz CT molecular complexity index is 1170.